The molecule has 0 N–H and O–H groups in total. The van der Waals surface area contributed by atoms with Crippen LogP contribution in [0.15, 0.2) is 57.4 Å². The molecular formula is C17H12BrClO2S. The van der Waals surface area contributed by atoms with Crippen molar-refractivity contribution in [3.63, 3.8) is 0 Å². The van der Waals surface area contributed by atoms with Crippen LogP contribution in [-0.4, -0.2) is 13.1 Å². The molecule has 0 bridgehead atoms. The minimum atomic E-state index is -0.314. The minimum absolute atomic E-state index is 0.0887. The molecule has 22 heavy (non-hydrogen) atoms. The molecule has 112 valence electrons. The second-order valence-corrected chi connectivity index (χ2v) is 7.32. The number of hydrogen-bond donors (Lipinski definition) is 0. The van der Waals surface area contributed by atoms with Gasteiger partial charge < -0.3 is 4.74 Å². The van der Waals surface area contributed by atoms with Crippen molar-refractivity contribution >= 4 is 51.3 Å². The molecule has 0 amide bonds. The van der Waals surface area contributed by atoms with Crippen molar-refractivity contribution in [1.82, 2.24) is 0 Å². The number of esters is 1. The lowest BCUT2D eigenvalue weighted by Crippen LogP contribution is -2.14. The number of carbonyl (C=O) groups is 1. The van der Waals surface area contributed by atoms with Crippen molar-refractivity contribution in [1.29, 1.82) is 0 Å². The molecule has 0 spiro atoms. The van der Waals surface area contributed by atoms with E-state index in [0.717, 1.165) is 20.5 Å². The standard InChI is InChI=1S/C17H12BrClO2S/c1-21-17(20)14-9-11-8-13(19)6-7-15(11)22-16(14)10-2-4-12(18)5-3-10/h2-9,16H,1H3. The maximum Gasteiger partial charge on any atom is 0.335 e. The van der Waals surface area contributed by atoms with Crippen molar-refractivity contribution in [2.45, 2.75) is 10.1 Å². The van der Waals surface area contributed by atoms with E-state index in [1.54, 1.807) is 11.8 Å². The van der Waals surface area contributed by atoms with Gasteiger partial charge in [0.15, 0.2) is 0 Å². The first kappa shape index (κ1) is 15.7. The van der Waals surface area contributed by atoms with Gasteiger partial charge in [-0.25, -0.2) is 4.79 Å². The monoisotopic (exact) mass is 394 g/mol. The lowest BCUT2D eigenvalue weighted by atomic mass is 10.0. The molecule has 1 aliphatic heterocycles. The SMILES string of the molecule is COC(=O)C1=Cc2cc(Cl)ccc2SC1c1ccc(Br)cc1. The van der Waals surface area contributed by atoms with Crippen molar-refractivity contribution in [2.75, 3.05) is 7.11 Å². The molecular weight excluding hydrogens is 384 g/mol. The van der Waals surface area contributed by atoms with E-state index in [9.17, 15) is 4.79 Å². The van der Waals surface area contributed by atoms with Gasteiger partial charge in [0.2, 0.25) is 0 Å². The van der Waals surface area contributed by atoms with E-state index in [0.29, 0.717) is 10.6 Å². The molecule has 0 fully saturated rings. The zero-order chi connectivity index (χ0) is 15.7. The van der Waals surface area contributed by atoms with E-state index in [4.69, 9.17) is 16.3 Å². The Morgan fingerprint density at radius 2 is 1.95 bits per heavy atom. The molecule has 1 atom stereocenters. The van der Waals surface area contributed by atoms with Gasteiger partial charge in [0.25, 0.3) is 0 Å². The average molecular weight is 396 g/mol. The number of ether oxygens (including phenoxy) is 1. The second-order valence-electron chi connectivity index (χ2n) is 4.82. The first-order valence-electron chi connectivity index (χ1n) is 6.60. The molecule has 0 aliphatic carbocycles. The quantitative estimate of drug-likeness (QED) is 0.628. The summed E-state index contributed by atoms with van der Waals surface area (Å²) in [6.07, 6.45) is 1.87. The molecule has 0 aromatic heterocycles. The fraction of sp³-hybridized carbons (Fsp3) is 0.118. The molecule has 3 rings (SSSR count). The van der Waals surface area contributed by atoms with Gasteiger partial charge >= 0.3 is 5.97 Å². The number of benzene rings is 2. The number of methoxy groups -OCH3 is 1. The number of carbonyl (C=O) groups excluding carboxylic acids is 1. The summed E-state index contributed by atoms with van der Waals surface area (Å²) in [6, 6.07) is 13.7. The number of rotatable bonds is 2. The highest BCUT2D eigenvalue weighted by molar-refractivity contribution is 9.10. The van der Waals surface area contributed by atoms with E-state index >= 15 is 0 Å². The largest absolute Gasteiger partial charge is 0.466 e. The van der Waals surface area contributed by atoms with Crippen LogP contribution in [-0.2, 0) is 9.53 Å². The topological polar surface area (TPSA) is 26.3 Å². The minimum Gasteiger partial charge on any atom is -0.466 e. The zero-order valence-electron chi connectivity index (χ0n) is 11.7. The third-order valence-corrected chi connectivity index (χ3v) is 5.56. The Balaban J connectivity index is 2.08. The van der Waals surface area contributed by atoms with Crippen LogP contribution >= 0.6 is 39.3 Å². The van der Waals surface area contributed by atoms with Crippen molar-refractivity contribution in [3.8, 4) is 0 Å². The van der Waals surface area contributed by atoms with Crippen LogP contribution in [0.4, 0.5) is 0 Å². The predicted molar refractivity (Wildman–Crippen MR) is 94.2 cm³/mol. The van der Waals surface area contributed by atoms with Crippen LogP contribution in [0.2, 0.25) is 5.02 Å². The molecule has 0 saturated carbocycles. The molecule has 0 radical (unpaired) electrons. The zero-order valence-corrected chi connectivity index (χ0v) is 14.8. The summed E-state index contributed by atoms with van der Waals surface area (Å²) in [5.41, 5.74) is 2.64. The number of thioether (sulfide) groups is 1. The first-order chi connectivity index (χ1) is 10.6. The molecule has 2 aromatic carbocycles. The van der Waals surface area contributed by atoms with Crippen LogP contribution in [0.1, 0.15) is 16.4 Å². The first-order valence-corrected chi connectivity index (χ1v) is 8.65. The Morgan fingerprint density at radius 1 is 1.23 bits per heavy atom. The van der Waals surface area contributed by atoms with Gasteiger partial charge in [-0.3, -0.25) is 0 Å². The van der Waals surface area contributed by atoms with Gasteiger partial charge in [0, 0.05) is 14.4 Å². The lowest BCUT2D eigenvalue weighted by Gasteiger charge is -2.24. The van der Waals surface area contributed by atoms with Crippen LogP contribution < -0.4 is 0 Å². The van der Waals surface area contributed by atoms with Crippen LogP contribution in [0.3, 0.4) is 0 Å². The van der Waals surface area contributed by atoms with E-state index in [1.165, 1.54) is 7.11 Å². The van der Waals surface area contributed by atoms with Crippen molar-refractivity contribution in [2.24, 2.45) is 0 Å². The molecule has 0 saturated heterocycles. The number of halogens is 2. The maximum atomic E-state index is 12.2. The fourth-order valence-corrected chi connectivity index (χ4v) is 4.03. The van der Waals surface area contributed by atoms with E-state index < -0.39 is 0 Å². The van der Waals surface area contributed by atoms with E-state index in [-0.39, 0.29) is 11.2 Å². The molecule has 1 unspecified atom stereocenters. The average Bonchev–Trinajstić information content (AvgIpc) is 2.53. The molecule has 1 aliphatic rings. The van der Waals surface area contributed by atoms with Crippen LogP contribution in [0.5, 0.6) is 0 Å². The smallest absolute Gasteiger partial charge is 0.335 e. The van der Waals surface area contributed by atoms with Gasteiger partial charge in [0.05, 0.1) is 17.9 Å². The molecule has 2 nitrogen and oxygen atoms in total. The van der Waals surface area contributed by atoms with E-state index in [2.05, 4.69) is 15.9 Å². The van der Waals surface area contributed by atoms with Crippen LogP contribution in [0, 0.1) is 0 Å². The summed E-state index contributed by atoms with van der Waals surface area (Å²) in [4.78, 5) is 13.3. The maximum absolute atomic E-state index is 12.2. The second kappa shape index (κ2) is 6.49. The van der Waals surface area contributed by atoms with Crippen molar-refractivity contribution in [3.05, 3.63) is 68.7 Å². The third kappa shape index (κ3) is 3.09. The molecule has 5 heteroatoms. The summed E-state index contributed by atoms with van der Waals surface area (Å²) in [5.74, 6) is -0.314. The highest BCUT2D eigenvalue weighted by Crippen LogP contribution is 2.47. The van der Waals surface area contributed by atoms with Gasteiger partial charge in [0.1, 0.15) is 0 Å². The Kier molecular flexibility index (Phi) is 4.62. The summed E-state index contributed by atoms with van der Waals surface area (Å²) in [6.45, 7) is 0. The van der Waals surface area contributed by atoms with Gasteiger partial charge in [-0.2, -0.15) is 0 Å². The Labute approximate surface area is 146 Å². The summed E-state index contributed by atoms with van der Waals surface area (Å²) >= 11 is 11.1. The number of hydrogen-bond acceptors (Lipinski definition) is 3. The molecule has 1 heterocycles. The fourth-order valence-electron chi connectivity index (χ4n) is 2.34. The summed E-state index contributed by atoms with van der Waals surface area (Å²) in [7, 11) is 1.40. The lowest BCUT2D eigenvalue weighted by molar-refractivity contribution is -0.136. The highest BCUT2D eigenvalue weighted by atomic mass is 79.9. The summed E-state index contributed by atoms with van der Waals surface area (Å²) in [5, 5.41) is 0.566. The van der Waals surface area contributed by atoms with Gasteiger partial charge in [-0.05, 0) is 47.5 Å². The third-order valence-electron chi connectivity index (χ3n) is 3.40. The van der Waals surface area contributed by atoms with Gasteiger partial charge in [-0.15, -0.1) is 11.8 Å². The molecule has 2 aromatic rings. The normalized spacial score (nSPS) is 16.7. The number of fused-ring (bicyclic) bond motifs is 1. The van der Waals surface area contributed by atoms with Crippen molar-refractivity contribution < 1.29 is 9.53 Å². The Morgan fingerprint density at radius 3 is 2.64 bits per heavy atom. The van der Waals surface area contributed by atoms with Crippen LogP contribution in [0.25, 0.3) is 6.08 Å². The predicted octanol–water partition coefficient (Wildman–Crippen LogP) is 5.51. The van der Waals surface area contributed by atoms with Gasteiger partial charge in [-0.1, -0.05) is 39.7 Å². The summed E-state index contributed by atoms with van der Waals surface area (Å²) < 4.78 is 5.95. The Hall–Kier alpha value is -1.23. The Bertz CT molecular complexity index is 756. The highest BCUT2D eigenvalue weighted by Gasteiger charge is 2.29. The van der Waals surface area contributed by atoms with E-state index in [1.807, 2.05) is 48.5 Å².